The van der Waals surface area contributed by atoms with Crippen molar-refractivity contribution in [2.24, 2.45) is 7.05 Å². The molecule has 2 heterocycles. The van der Waals surface area contributed by atoms with Crippen molar-refractivity contribution < 1.29 is 9.59 Å². The molecular formula is C13H14N2O2S. The Morgan fingerprint density at radius 1 is 1.39 bits per heavy atom. The van der Waals surface area contributed by atoms with Crippen molar-refractivity contribution in [2.45, 2.75) is 19.8 Å². The highest BCUT2D eigenvalue weighted by molar-refractivity contribution is 7.08. The van der Waals surface area contributed by atoms with Gasteiger partial charge in [0, 0.05) is 24.2 Å². The molecule has 0 spiro atoms. The number of hydrogen-bond donors (Lipinski definition) is 0. The smallest absolute Gasteiger partial charge is 0.174 e. The van der Waals surface area contributed by atoms with Gasteiger partial charge in [-0.15, -0.1) is 0 Å². The Kier molecular flexibility index (Phi) is 3.72. The van der Waals surface area contributed by atoms with Crippen LogP contribution in [-0.4, -0.2) is 21.3 Å². The molecule has 0 aliphatic rings. The normalized spacial score (nSPS) is 10.6. The van der Waals surface area contributed by atoms with Crippen LogP contribution in [0.3, 0.4) is 0 Å². The molecule has 0 amide bonds. The van der Waals surface area contributed by atoms with Crippen molar-refractivity contribution in [2.75, 3.05) is 0 Å². The second kappa shape index (κ2) is 5.27. The van der Waals surface area contributed by atoms with E-state index < -0.39 is 0 Å². The standard InChI is InChI=1S/C13H14N2O2S/c1-3-11-10(7-15(2)14-11)13(17)6-12(16)9-4-5-18-8-9/h4-5,7-8H,3,6H2,1-2H3. The Labute approximate surface area is 109 Å². The van der Waals surface area contributed by atoms with Crippen molar-refractivity contribution in [3.05, 3.63) is 39.8 Å². The van der Waals surface area contributed by atoms with E-state index in [4.69, 9.17) is 0 Å². The number of thiophene rings is 1. The zero-order valence-corrected chi connectivity index (χ0v) is 11.2. The molecule has 2 rings (SSSR count). The van der Waals surface area contributed by atoms with E-state index in [2.05, 4.69) is 5.10 Å². The number of aromatic nitrogens is 2. The lowest BCUT2D eigenvalue weighted by atomic mass is 10.0. The monoisotopic (exact) mass is 262 g/mol. The van der Waals surface area contributed by atoms with E-state index >= 15 is 0 Å². The summed E-state index contributed by atoms with van der Waals surface area (Å²) >= 11 is 1.45. The minimum Gasteiger partial charge on any atom is -0.294 e. The zero-order chi connectivity index (χ0) is 13.1. The molecule has 4 nitrogen and oxygen atoms in total. The average Bonchev–Trinajstić information content (AvgIpc) is 2.96. The van der Waals surface area contributed by atoms with E-state index in [1.54, 1.807) is 29.4 Å². The summed E-state index contributed by atoms with van der Waals surface area (Å²) < 4.78 is 1.61. The predicted molar refractivity (Wildman–Crippen MR) is 70.2 cm³/mol. The van der Waals surface area contributed by atoms with Crippen molar-refractivity contribution in [3.8, 4) is 0 Å². The van der Waals surface area contributed by atoms with E-state index in [1.807, 2.05) is 12.3 Å². The number of Topliss-reactive ketones (excluding diaryl/α,β-unsaturated/α-hetero) is 2. The van der Waals surface area contributed by atoms with Crippen LogP contribution in [-0.2, 0) is 13.5 Å². The van der Waals surface area contributed by atoms with Gasteiger partial charge in [0.1, 0.15) is 0 Å². The Bertz CT molecular complexity index is 570. The maximum atomic E-state index is 12.1. The Morgan fingerprint density at radius 2 is 2.17 bits per heavy atom. The van der Waals surface area contributed by atoms with Crippen LogP contribution in [0.15, 0.2) is 23.0 Å². The second-order valence-electron chi connectivity index (χ2n) is 4.05. The summed E-state index contributed by atoms with van der Waals surface area (Å²) in [6.45, 7) is 1.94. The first-order valence-corrected chi connectivity index (χ1v) is 6.67. The molecule has 2 aromatic rings. The lowest BCUT2D eigenvalue weighted by molar-refractivity contribution is 0.0894. The van der Waals surface area contributed by atoms with Crippen LogP contribution in [0.5, 0.6) is 0 Å². The molecule has 0 saturated heterocycles. The Hall–Kier alpha value is -1.75. The molecule has 0 fully saturated rings. The predicted octanol–water partition coefficient (Wildman–Crippen LogP) is 2.50. The van der Waals surface area contributed by atoms with Gasteiger partial charge in [0.05, 0.1) is 17.7 Å². The fourth-order valence-electron chi connectivity index (χ4n) is 1.79. The summed E-state index contributed by atoms with van der Waals surface area (Å²) in [6.07, 6.45) is 2.28. The van der Waals surface area contributed by atoms with Crippen LogP contribution in [0.2, 0.25) is 0 Å². The van der Waals surface area contributed by atoms with Gasteiger partial charge >= 0.3 is 0 Å². The fraction of sp³-hybridized carbons (Fsp3) is 0.308. The first kappa shape index (κ1) is 12.7. The van der Waals surface area contributed by atoms with Gasteiger partial charge in [0.2, 0.25) is 0 Å². The number of ketones is 2. The number of rotatable bonds is 5. The molecule has 0 radical (unpaired) electrons. The molecule has 0 unspecified atom stereocenters. The van der Waals surface area contributed by atoms with Crippen LogP contribution < -0.4 is 0 Å². The van der Waals surface area contributed by atoms with Gasteiger partial charge in [0.25, 0.3) is 0 Å². The minimum absolute atomic E-state index is 0.0879. The highest BCUT2D eigenvalue weighted by atomic mass is 32.1. The molecule has 18 heavy (non-hydrogen) atoms. The van der Waals surface area contributed by atoms with Gasteiger partial charge in [-0.25, -0.2) is 0 Å². The van der Waals surface area contributed by atoms with Crippen LogP contribution in [0.4, 0.5) is 0 Å². The van der Waals surface area contributed by atoms with Crippen LogP contribution in [0.1, 0.15) is 39.8 Å². The van der Waals surface area contributed by atoms with E-state index in [-0.39, 0.29) is 18.0 Å². The van der Waals surface area contributed by atoms with Gasteiger partial charge < -0.3 is 0 Å². The van der Waals surface area contributed by atoms with Crippen molar-refractivity contribution in [1.82, 2.24) is 9.78 Å². The maximum Gasteiger partial charge on any atom is 0.174 e. The Balaban J connectivity index is 2.15. The molecular weight excluding hydrogens is 248 g/mol. The van der Waals surface area contributed by atoms with Crippen LogP contribution in [0, 0.1) is 0 Å². The summed E-state index contributed by atoms with van der Waals surface area (Å²) in [5.41, 5.74) is 1.92. The third kappa shape index (κ3) is 2.56. The van der Waals surface area contributed by atoms with Gasteiger partial charge in [-0.1, -0.05) is 6.92 Å². The van der Waals surface area contributed by atoms with E-state index in [0.717, 1.165) is 5.69 Å². The molecule has 94 valence electrons. The van der Waals surface area contributed by atoms with E-state index in [0.29, 0.717) is 17.5 Å². The molecule has 0 aliphatic heterocycles. The molecule has 0 saturated carbocycles. The third-order valence-corrected chi connectivity index (χ3v) is 3.39. The minimum atomic E-state index is -0.156. The Morgan fingerprint density at radius 3 is 2.78 bits per heavy atom. The molecule has 0 aliphatic carbocycles. The molecule has 2 aromatic heterocycles. The summed E-state index contributed by atoms with van der Waals surface area (Å²) in [5.74, 6) is -0.289. The largest absolute Gasteiger partial charge is 0.294 e. The number of carbonyl (C=O) groups excluding carboxylic acids is 2. The fourth-order valence-corrected chi connectivity index (χ4v) is 2.46. The summed E-state index contributed by atoms with van der Waals surface area (Å²) in [4.78, 5) is 23.9. The first-order valence-electron chi connectivity index (χ1n) is 5.73. The van der Waals surface area contributed by atoms with Gasteiger partial charge in [-0.3, -0.25) is 14.3 Å². The molecule has 0 bridgehead atoms. The summed E-state index contributed by atoms with van der Waals surface area (Å²) in [6, 6.07) is 1.74. The quantitative estimate of drug-likeness (QED) is 0.614. The highest BCUT2D eigenvalue weighted by Crippen LogP contribution is 2.14. The lowest BCUT2D eigenvalue weighted by Gasteiger charge is -1.98. The lowest BCUT2D eigenvalue weighted by Crippen LogP contribution is -2.09. The van der Waals surface area contributed by atoms with Crippen LogP contribution in [0.25, 0.3) is 0 Å². The van der Waals surface area contributed by atoms with Crippen molar-refractivity contribution >= 4 is 22.9 Å². The number of aryl methyl sites for hydroxylation is 2. The topological polar surface area (TPSA) is 52.0 Å². The first-order chi connectivity index (χ1) is 8.61. The maximum absolute atomic E-state index is 12.1. The second-order valence-corrected chi connectivity index (χ2v) is 4.83. The van der Waals surface area contributed by atoms with Crippen molar-refractivity contribution in [1.29, 1.82) is 0 Å². The molecule has 0 N–H and O–H groups in total. The number of hydrogen-bond acceptors (Lipinski definition) is 4. The van der Waals surface area contributed by atoms with Crippen LogP contribution >= 0.6 is 11.3 Å². The summed E-state index contributed by atoms with van der Waals surface area (Å²) in [7, 11) is 1.77. The van der Waals surface area contributed by atoms with Gasteiger partial charge in [-0.2, -0.15) is 16.4 Å². The van der Waals surface area contributed by atoms with E-state index in [1.165, 1.54) is 11.3 Å². The number of nitrogens with zero attached hydrogens (tertiary/aromatic N) is 2. The third-order valence-electron chi connectivity index (χ3n) is 2.70. The molecule has 0 atom stereocenters. The van der Waals surface area contributed by atoms with Gasteiger partial charge in [0.15, 0.2) is 11.6 Å². The summed E-state index contributed by atoms with van der Waals surface area (Å²) in [5, 5.41) is 7.80. The number of carbonyl (C=O) groups is 2. The van der Waals surface area contributed by atoms with Gasteiger partial charge in [-0.05, 0) is 17.9 Å². The molecule has 5 heteroatoms. The van der Waals surface area contributed by atoms with Crippen molar-refractivity contribution in [3.63, 3.8) is 0 Å². The molecule has 0 aromatic carbocycles. The highest BCUT2D eigenvalue weighted by Gasteiger charge is 2.18. The zero-order valence-electron chi connectivity index (χ0n) is 10.3. The SMILES string of the molecule is CCc1nn(C)cc1C(=O)CC(=O)c1ccsc1. The average molecular weight is 262 g/mol. The van der Waals surface area contributed by atoms with E-state index in [9.17, 15) is 9.59 Å².